The first-order chi connectivity index (χ1) is 6.57. The summed E-state index contributed by atoms with van der Waals surface area (Å²) >= 11 is 5.37. The summed E-state index contributed by atoms with van der Waals surface area (Å²) in [4.78, 5) is 21.3. The van der Waals surface area contributed by atoms with Crippen LogP contribution >= 0.6 is 11.6 Å². The van der Waals surface area contributed by atoms with Crippen LogP contribution in [0.25, 0.3) is 0 Å². The van der Waals surface area contributed by atoms with Crippen LogP contribution in [0, 0.1) is 17.0 Å². The zero-order chi connectivity index (χ0) is 10.7. The summed E-state index contributed by atoms with van der Waals surface area (Å²) in [5, 5.41) is 10.5. The highest BCUT2D eigenvalue weighted by Crippen LogP contribution is 2.21. The fourth-order valence-electron chi connectivity index (χ4n) is 1.20. The van der Waals surface area contributed by atoms with Crippen LogP contribution in [-0.4, -0.2) is 16.6 Å². The third kappa shape index (κ3) is 1.90. The lowest BCUT2D eigenvalue weighted by Crippen LogP contribution is -2.04. The molecule has 1 aromatic rings. The highest BCUT2D eigenvalue weighted by molar-refractivity contribution is 6.30. The van der Waals surface area contributed by atoms with Crippen LogP contribution in [0.2, 0.25) is 0 Å². The molecule has 0 atom stereocenters. The quantitative estimate of drug-likeness (QED) is 0.335. The van der Waals surface area contributed by atoms with Gasteiger partial charge in [0, 0.05) is 17.2 Å². The molecule has 0 heterocycles. The summed E-state index contributed by atoms with van der Waals surface area (Å²) in [6.07, 6.45) is 0. The van der Waals surface area contributed by atoms with Crippen molar-refractivity contribution in [2.75, 3.05) is 5.88 Å². The molecule has 4 nitrogen and oxygen atoms in total. The lowest BCUT2D eigenvalue weighted by atomic mass is 10.0. The van der Waals surface area contributed by atoms with Crippen molar-refractivity contribution in [3.8, 4) is 0 Å². The van der Waals surface area contributed by atoms with E-state index in [1.54, 1.807) is 0 Å². The van der Waals surface area contributed by atoms with Crippen LogP contribution in [0.3, 0.4) is 0 Å². The summed E-state index contributed by atoms with van der Waals surface area (Å²) in [5.41, 5.74) is 0.623. The summed E-state index contributed by atoms with van der Waals surface area (Å²) < 4.78 is 0. The Kier molecular flexibility index (Phi) is 3.19. The number of nitro benzene ring substituents is 1. The van der Waals surface area contributed by atoms with Gasteiger partial charge >= 0.3 is 0 Å². The summed E-state index contributed by atoms with van der Waals surface area (Å²) in [5.74, 6) is -0.463. The van der Waals surface area contributed by atoms with Gasteiger partial charge in [-0.05, 0) is 6.92 Å². The van der Waals surface area contributed by atoms with Gasteiger partial charge in [-0.3, -0.25) is 14.9 Å². The van der Waals surface area contributed by atoms with Gasteiger partial charge in [-0.2, -0.15) is 0 Å². The minimum absolute atomic E-state index is 0.0547. The Hall–Kier alpha value is -1.42. The first-order valence-electron chi connectivity index (χ1n) is 3.91. The molecule has 0 saturated heterocycles. The average molecular weight is 214 g/mol. The van der Waals surface area contributed by atoms with Gasteiger partial charge in [0.15, 0.2) is 5.78 Å². The Labute approximate surface area is 85.6 Å². The van der Waals surface area contributed by atoms with Crippen molar-refractivity contribution in [1.29, 1.82) is 0 Å². The van der Waals surface area contributed by atoms with E-state index in [0.29, 0.717) is 11.1 Å². The number of halogens is 1. The van der Waals surface area contributed by atoms with Crippen LogP contribution in [-0.2, 0) is 0 Å². The van der Waals surface area contributed by atoms with Gasteiger partial charge < -0.3 is 0 Å². The second-order valence-corrected chi connectivity index (χ2v) is 3.03. The van der Waals surface area contributed by atoms with E-state index in [1.807, 2.05) is 0 Å². The van der Waals surface area contributed by atoms with Gasteiger partial charge in [0.2, 0.25) is 0 Å². The average Bonchev–Trinajstić information content (AvgIpc) is 2.16. The standard InChI is InChI=1S/C9H8ClNO3/c1-6-7(9(12)5-10)3-2-4-8(6)11(13)14/h2-4H,5H2,1H3. The first-order valence-corrected chi connectivity index (χ1v) is 4.44. The molecule has 0 aromatic heterocycles. The smallest absolute Gasteiger partial charge is 0.273 e. The summed E-state index contributed by atoms with van der Waals surface area (Å²) in [6.45, 7) is 1.54. The molecule has 1 rings (SSSR count). The number of Topliss-reactive ketones (excluding diaryl/α,β-unsaturated/α-hetero) is 1. The van der Waals surface area contributed by atoms with Crippen molar-refractivity contribution >= 4 is 23.1 Å². The third-order valence-corrected chi connectivity index (χ3v) is 2.17. The predicted molar refractivity (Wildman–Crippen MR) is 52.9 cm³/mol. The van der Waals surface area contributed by atoms with E-state index in [1.165, 1.54) is 25.1 Å². The number of nitrogens with zero attached hydrogens (tertiary/aromatic N) is 1. The molecule has 1 aromatic carbocycles. The number of rotatable bonds is 3. The fraction of sp³-hybridized carbons (Fsp3) is 0.222. The second-order valence-electron chi connectivity index (χ2n) is 2.76. The number of alkyl halides is 1. The van der Waals surface area contributed by atoms with Crippen LogP contribution in [0.4, 0.5) is 5.69 Å². The van der Waals surface area contributed by atoms with Crippen molar-refractivity contribution in [3.05, 3.63) is 39.4 Å². The van der Waals surface area contributed by atoms with Gasteiger partial charge in [0.05, 0.1) is 10.8 Å². The number of ketones is 1. The molecule has 0 aliphatic rings. The van der Waals surface area contributed by atoms with Crippen molar-refractivity contribution < 1.29 is 9.72 Å². The molecule has 5 heteroatoms. The minimum Gasteiger partial charge on any atom is -0.293 e. The minimum atomic E-state index is -0.514. The Balaban J connectivity index is 3.27. The molecule has 0 fully saturated rings. The molecular weight excluding hydrogens is 206 g/mol. The second kappa shape index (κ2) is 4.19. The van der Waals surface area contributed by atoms with E-state index in [9.17, 15) is 14.9 Å². The van der Waals surface area contributed by atoms with E-state index in [-0.39, 0.29) is 17.4 Å². The summed E-state index contributed by atoms with van der Waals surface area (Å²) in [6, 6.07) is 4.37. The summed E-state index contributed by atoms with van der Waals surface area (Å²) in [7, 11) is 0. The largest absolute Gasteiger partial charge is 0.293 e. The zero-order valence-corrected chi connectivity index (χ0v) is 8.25. The SMILES string of the molecule is Cc1c(C(=O)CCl)cccc1[N+](=O)[O-]. The Morgan fingerprint density at radius 3 is 2.71 bits per heavy atom. The van der Waals surface area contributed by atoms with E-state index >= 15 is 0 Å². The van der Waals surface area contributed by atoms with Crippen molar-refractivity contribution in [1.82, 2.24) is 0 Å². The number of carbonyl (C=O) groups excluding carboxylic acids is 1. The fourth-order valence-corrected chi connectivity index (χ4v) is 1.34. The van der Waals surface area contributed by atoms with Crippen molar-refractivity contribution in [3.63, 3.8) is 0 Å². The molecule has 0 saturated carbocycles. The molecule has 0 bridgehead atoms. The van der Waals surface area contributed by atoms with Gasteiger partial charge in [0.1, 0.15) is 0 Å². The zero-order valence-electron chi connectivity index (χ0n) is 7.49. The van der Waals surface area contributed by atoms with Crippen molar-refractivity contribution in [2.24, 2.45) is 0 Å². The molecule has 0 aliphatic heterocycles. The maximum atomic E-state index is 11.3. The highest BCUT2D eigenvalue weighted by atomic mass is 35.5. The number of benzene rings is 1. The molecule has 0 spiro atoms. The Morgan fingerprint density at radius 1 is 1.57 bits per heavy atom. The first kappa shape index (κ1) is 10.7. The molecule has 74 valence electrons. The Morgan fingerprint density at radius 2 is 2.21 bits per heavy atom. The van der Waals surface area contributed by atoms with E-state index < -0.39 is 4.92 Å². The monoisotopic (exact) mass is 213 g/mol. The predicted octanol–water partition coefficient (Wildman–Crippen LogP) is 2.32. The Bertz CT molecular complexity index is 390. The number of carbonyl (C=O) groups is 1. The maximum absolute atomic E-state index is 11.3. The van der Waals surface area contributed by atoms with E-state index in [4.69, 9.17) is 11.6 Å². The van der Waals surface area contributed by atoms with Crippen LogP contribution in [0.1, 0.15) is 15.9 Å². The van der Waals surface area contributed by atoms with Gasteiger partial charge in [-0.15, -0.1) is 11.6 Å². The maximum Gasteiger partial charge on any atom is 0.273 e. The molecule has 0 amide bonds. The van der Waals surface area contributed by atoms with Crippen LogP contribution < -0.4 is 0 Å². The number of hydrogen-bond donors (Lipinski definition) is 0. The molecule has 0 radical (unpaired) electrons. The normalized spacial score (nSPS) is 9.86. The van der Waals surface area contributed by atoms with Crippen molar-refractivity contribution in [2.45, 2.75) is 6.92 Å². The molecule has 0 unspecified atom stereocenters. The number of nitro groups is 1. The van der Waals surface area contributed by atoms with Crippen LogP contribution in [0.15, 0.2) is 18.2 Å². The lowest BCUT2D eigenvalue weighted by molar-refractivity contribution is -0.385. The molecule has 0 N–H and O–H groups in total. The lowest BCUT2D eigenvalue weighted by Gasteiger charge is -2.02. The van der Waals surface area contributed by atoms with E-state index in [2.05, 4.69) is 0 Å². The van der Waals surface area contributed by atoms with E-state index in [0.717, 1.165) is 0 Å². The molecule has 14 heavy (non-hydrogen) atoms. The topological polar surface area (TPSA) is 60.2 Å². The number of hydrogen-bond acceptors (Lipinski definition) is 3. The molecular formula is C9H8ClNO3. The highest BCUT2D eigenvalue weighted by Gasteiger charge is 2.16. The van der Waals surface area contributed by atoms with Gasteiger partial charge in [-0.25, -0.2) is 0 Å². The van der Waals surface area contributed by atoms with Gasteiger partial charge in [-0.1, -0.05) is 12.1 Å². The third-order valence-electron chi connectivity index (χ3n) is 1.92. The van der Waals surface area contributed by atoms with Crippen LogP contribution in [0.5, 0.6) is 0 Å². The van der Waals surface area contributed by atoms with Gasteiger partial charge in [0.25, 0.3) is 5.69 Å². The molecule has 0 aliphatic carbocycles.